The molecular weight excluding hydrogens is 220 g/mol. The van der Waals surface area contributed by atoms with Crippen molar-refractivity contribution >= 4 is 33.4 Å². The predicted octanol–water partition coefficient (Wildman–Crippen LogP) is 2.57. The zero-order chi connectivity index (χ0) is 7.56. The van der Waals surface area contributed by atoms with Gasteiger partial charge in [-0.2, -0.15) is 0 Å². The molecule has 0 aliphatic heterocycles. The summed E-state index contributed by atoms with van der Waals surface area (Å²) in [4.78, 5) is 9.98. The van der Waals surface area contributed by atoms with Crippen LogP contribution in [-0.2, 0) is 0 Å². The molecule has 0 saturated carbocycles. The van der Waals surface area contributed by atoms with Gasteiger partial charge in [0.05, 0.1) is 4.47 Å². The summed E-state index contributed by atoms with van der Waals surface area (Å²) in [6.45, 7) is 0. The van der Waals surface area contributed by atoms with E-state index in [4.69, 9.17) is 5.11 Å². The maximum Gasteiger partial charge on any atom is 0.512 e. The van der Waals surface area contributed by atoms with Crippen LogP contribution in [0.25, 0.3) is 0 Å². The largest absolute Gasteiger partial charge is 0.512 e. The van der Waals surface area contributed by atoms with Gasteiger partial charge in [-0.25, -0.2) is 4.79 Å². The predicted molar refractivity (Wildman–Crippen MR) is 40.7 cm³/mol. The maximum atomic E-state index is 9.98. The van der Waals surface area contributed by atoms with E-state index in [0.717, 1.165) is 0 Å². The number of thiophene rings is 1. The quantitative estimate of drug-likeness (QED) is 0.744. The van der Waals surface area contributed by atoms with Crippen LogP contribution in [0.3, 0.4) is 0 Å². The van der Waals surface area contributed by atoms with Crippen molar-refractivity contribution in [2.24, 2.45) is 0 Å². The summed E-state index contributed by atoms with van der Waals surface area (Å²) in [5.74, 6) is 0. The van der Waals surface area contributed by atoms with Crippen molar-refractivity contribution in [2.45, 2.75) is 0 Å². The van der Waals surface area contributed by atoms with Crippen molar-refractivity contribution < 1.29 is 14.6 Å². The smallest absolute Gasteiger partial charge is 0.449 e. The van der Waals surface area contributed by atoms with Crippen molar-refractivity contribution in [1.29, 1.82) is 0 Å². The van der Waals surface area contributed by atoms with E-state index in [1.165, 1.54) is 11.3 Å². The normalized spacial score (nSPS) is 9.30. The highest BCUT2D eigenvalue weighted by Crippen LogP contribution is 2.30. The Bertz CT molecular complexity index is 245. The number of carbonyl (C=O) groups is 1. The van der Waals surface area contributed by atoms with Gasteiger partial charge in [-0.05, 0) is 27.4 Å². The minimum Gasteiger partial charge on any atom is -0.449 e. The second-order valence-corrected chi connectivity index (χ2v) is 3.16. The van der Waals surface area contributed by atoms with E-state index in [2.05, 4.69) is 20.7 Å². The van der Waals surface area contributed by atoms with Gasteiger partial charge in [-0.15, -0.1) is 11.3 Å². The third kappa shape index (κ3) is 1.71. The lowest BCUT2D eigenvalue weighted by Crippen LogP contribution is -2.01. The van der Waals surface area contributed by atoms with E-state index in [1.807, 2.05) is 0 Å². The Labute approximate surface area is 69.4 Å². The van der Waals surface area contributed by atoms with Gasteiger partial charge in [0.1, 0.15) is 0 Å². The number of carboxylic acid groups (broad SMARTS) is 1. The van der Waals surface area contributed by atoms with E-state index >= 15 is 0 Å². The average molecular weight is 223 g/mol. The molecule has 1 aromatic heterocycles. The fraction of sp³-hybridized carbons (Fsp3) is 0. The zero-order valence-corrected chi connectivity index (χ0v) is 7.11. The van der Waals surface area contributed by atoms with Crippen LogP contribution < -0.4 is 4.74 Å². The minimum absolute atomic E-state index is 0.368. The van der Waals surface area contributed by atoms with Crippen LogP contribution in [0.2, 0.25) is 0 Å². The first-order valence-electron chi connectivity index (χ1n) is 2.34. The Morgan fingerprint density at radius 3 is 2.90 bits per heavy atom. The lowest BCUT2D eigenvalue weighted by atomic mass is 10.6. The monoisotopic (exact) mass is 222 g/mol. The van der Waals surface area contributed by atoms with Crippen LogP contribution in [0.4, 0.5) is 4.79 Å². The Morgan fingerprint density at radius 2 is 2.50 bits per heavy atom. The van der Waals surface area contributed by atoms with Crippen molar-refractivity contribution in [3.8, 4) is 5.06 Å². The molecule has 0 spiro atoms. The first-order chi connectivity index (χ1) is 4.70. The van der Waals surface area contributed by atoms with Crippen molar-refractivity contribution in [1.82, 2.24) is 0 Å². The summed E-state index contributed by atoms with van der Waals surface area (Å²) in [6.07, 6.45) is -1.29. The van der Waals surface area contributed by atoms with Crippen LogP contribution in [0.1, 0.15) is 0 Å². The maximum absolute atomic E-state index is 9.98. The van der Waals surface area contributed by atoms with Gasteiger partial charge in [0.15, 0.2) is 0 Å². The molecule has 0 aromatic carbocycles. The molecule has 0 saturated heterocycles. The highest BCUT2D eigenvalue weighted by Gasteiger charge is 2.05. The second-order valence-electron chi connectivity index (χ2n) is 1.42. The SMILES string of the molecule is O=C(O)Oc1sccc1Br. The Morgan fingerprint density at radius 1 is 1.80 bits per heavy atom. The number of ether oxygens (including phenoxy) is 1. The molecule has 0 radical (unpaired) electrons. The zero-order valence-electron chi connectivity index (χ0n) is 4.70. The van der Waals surface area contributed by atoms with E-state index < -0.39 is 6.16 Å². The van der Waals surface area contributed by atoms with Crippen molar-refractivity contribution in [3.05, 3.63) is 15.9 Å². The number of rotatable bonds is 1. The van der Waals surface area contributed by atoms with E-state index in [0.29, 0.717) is 9.54 Å². The fourth-order valence-corrected chi connectivity index (χ4v) is 1.73. The lowest BCUT2D eigenvalue weighted by molar-refractivity contribution is 0.145. The van der Waals surface area contributed by atoms with Gasteiger partial charge in [-0.3, -0.25) is 0 Å². The minimum atomic E-state index is -1.29. The molecule has 1 N–H and O–H groups in total. The Balaban J connectivity index is 2.74. The standard InChI is InChI=1S/C5H3BrO3S/c6-3-1-2-10-4(3)9-5(7)8/h1-2H,(H,7,8). The molecule has 1 rings (SSSR count). The summed E-state index contributed by atoms with van der Waals surface area (Å²) in [7, 11) is 0. The molecule has 0 fully saturated rings. The average Bonchev–Trinajstić information content (AvgIpc) is 2.15. The molecule has 3 nitrogen and oxygen atoms in total. The summed E-state index contributed by atoms with van der Waals surface area (Å²) in [6, 6.07) is 1.73. The Kier molecular flexibility index (Phi) is 2.29. The van der Waals surface area contributed by atoms with Gasteiger partial charge < -0.3 is 9.84 Å². The van der Waals surface area contributed by atoms with Crippen LogP contribution in [-0.4, -0.2) is 11.3 Å². The summed E-state index contributed by atoms with van der Waals surface area (Å²) in [5.41, 5.74) is 0. The molecule has 0 amide bonds. The molecule has 5 heteroatoms. The second kappa shape index (κ2) is 3.03. The third-order valence-corrected chi connectivity index (χ3v) is 2.44. The molecule has 1 aromatic rings. The van der Waals surface area contributed by atoms with Gasteiger partial charge >= 0.3 is 6.16 Å². The molecule has 0 aliphatic rings. The lowest BCUT2D eigenvalue weighted by Gasteiger charge is -1.93. The number of halogens is 1. The topological polar surface area (TPSA) is 46.5 Å². The third-order valence-electron chi connectivity index (χ3n) is 0.764. The molecular formula is C5H3BrO3S. The molecule has 10 heavy (non-hydrogen) atoms. The van der Waals surface area contributed by atoms with Crippen LogP contribution in [0.15, 0.2) is 15.9 Å². The molecule has 0 unspecified atom stereocenters. The molecule has 1 heterocycles. The fourth-order valence-electron chi connectivity index (χ4n) is 0.432. The van der Waals surface area contributed by atoms with E-state index in [1.54, 1.807) is 11.4 Å². The Hall–Kier alpha value is -0.550. The first-order valence-corrected chi connectivity index (χ1v) is 4.01. The highest BCUT2D eigenvalue weighted by molar-refractivity contribution is 9.10. The van der Waals surface area contributed by atoms with Crippen molar-refractivity contribution in [3.63, 3.8) is 0 Å². The van der Waals surface area contributed by atoms with Gasteiger partial charge in [-0.1, -0.05) is 0 Å². The number of hydrogen-bond acceptors (Lipinski definition) is 3. The summed E-state index contributed by atoms with van der Waals surface area (Å²) < 4.78 is 5.04. The highest BCUT2D eigenvalue weighted by atomic mass is 79.9. The van der Waals surface area contributed by atoms with Crippen LogP contribution in [0.5, 0.6) is 5.06 Å². The molecule has 0 atom stereocenters. The van der Waals surface area contributed by atoms with Crippen molar-refractivity contribution in [2.75, 3.05) is 0 Å². The molecule has 0 bridgehead atoms. The summed E-state index contributed by atoms with van der Waals surface area (Å²) in [5, 5.41) is 10.3. The van der Waals surface area contributed by atoms with Gasteiger partial charge in [0.2, 0.25) is 5.06 Å². The van der Waals surface area contributed by atoms with Crippen LogP contribution >= 0.6 is 27.3 Å². The molecule has 0 aliphatic carbocycles. The van der Waals surface area contributed by atoms with E-state index in [-0.39, 0.29) is 0 Å². The first kappa shape index (κ1) is 7.56. The van der Waals surface area contributed by atoms with Gasteiger partial charge in [0.25, 0.3) is 0 Å². The van der Waals surface area contributed by atoms with E-state index in [9.17, 15) is 4.79 Å². The van der Waals surface area contributed by atoms with Crippen LogP contribution in [0, 0.1) is 0 Å². The number of hydrogen-bond donors (Lipinski definition) is 1. The molecule has 54 valence electrons. The van der Waals surface area contributed by atoms with Gasteiger partial charge in [0, 0.05) is 0 Å². The summed E-state index contributed by atoms with van der Waals surface area (Å²) >= 11 is 4.34.